The Labute approximate surface area is 146 Å². The first-order chi connectivity index (χ1) is 11.8. The number of urea groups is 1. The van der Waals surface area contributed by atoms with Crippen molar-refractivity contribution in [3.8, 4) is 0 Å². The van der Waals surface area contributed by atoms with Gasteiger partial charge in [-0.25, -0.2) is 14.4 Å². The van der Waals surface area contributed by atoms with Crippen LogP contribution in [-0.2, 0) is 14.3 Å². The molecule has 0 radical (unpaired) electrons. The maximum Gasteiger partial charge on any atom is 0.338 e. The molecule has 0 spiro atoms. The number of rotatable bonds is 5. The molecule has 2 N–H and O–H groups in total. The fourth-order valence-electron chi connectivity index (χ4n) is 2.65. The van der Waals surface area contributed by atoms with Gasteiger partial charge in [-0.15, -0.1) is 0 Å². The monoisotopic (exact) mass is 346 g/mol. The summed E-state index contributed by atoms with van der Waals surface area (Å²) in [6.45, 7) is 7.09. The number of amides is 2. The van der Waals surface area contributed by atoms with Gasteiger partial charge in [0.25, 0.3) is 0 Å². The van der Waals surface area contributed by atoms with Gasteiger partial charge in [-0.3, -0.25) is 0 Å². The highest BCUT2D eigenvalue weighted by Gasteiger charge is 2.30. The highest BCUT2D eigenvalue weighted by molar-refractivity contribution is 5.95. The topological polar surface area (TPSA) is 93.7 Å². The molecule has 7 nitrogen and oxygen atoms in total. The molecule has 0 aliphatic carbocycles. The predicted molar refractivity (Wildman–Crippen MR) is 91.0 cm³/mol. The third-order valence-corrected chi connectivity index (χ3v) is 3.81. The van der Waals surface area contributed by atoms with Gasteiger partial charge in [0.2, 0.25) is 0 Å². The van der Waals surface area contributed by atoms with Crippen LogP contribution in [-0.4, -0.2) is 37.2 Å². The van der Waals surface area contributed by atoms with E-state index in [1.54, 1.807) is 19.9 Å². The van der Waals surface area contributed by atoms with Gasteiger partial charge in [0.15, 0.2) is 0 Å². The number of ether oxygens (including phenoxy) is 2. The highest BCUT2D eigenvalue weighted by atomic mass is 16.5. The molecule has 1 aliphatic rings. The van der Waals surface area contributed by atoms with Crippen LogP contribution in [0.1, 0.15) is 35.3 Å². The SMILES string of the molecule is CCOC(=O)C1=C(COC(=O)c2ccc(C)cc2C)NC(=O)N[C@@H]1C. The molecule has 0 unspecified atom stereocenters. The first kappa shape index (κ1) is 18.5. The van der Waals surface area contributed by atoms with Crippen LogP contribution >= 0.6 is 0 Å². The maximum absolute atomic E-state index is 12.3. The second-order valence-electron chi connectivity index (χ2n) is 5.83. The molecule has 134 valence electrons. The Balaban J connectivity index is 2.19. The number of hydrogen-bond acceptors (Lipinski definition) is 5. The maximum atomic E-state index is 12.3. The average Bonchev–Trinajstić information content (AvgIpc) is 2.52. The van der Waals surface area contributed by atoms with E-state index < -0.39 is 24.0 Å². The van der Waals surface area contributed by atoms with Crippen LogP contribution in [0.2, 0.25) is 0 Å². The molecular weight excluding hydrogens is 324 g/mol. The largest absolute Gasteiger partial charge is 0.463 e. The fourth-order valence-corrected chi connectivity index (χ4v) is 2.65. The zero-order valence-electron chi connectivity index (χ0n) is 14.8. The Bertz CT molecular complexity index is 739. The molecule has 7 heteroatoms. The summed E-state index contributed by atoms with van der Waals surface area (Å²) in [5.41, 5.74) is 2.76. The van der Waals surface area contributed by atoms with Crippen LogP contribution in [0.25, 0.3) is 0 Å². The van der Waals surface area contributed by atoms with Gasteiger partial charge >= 0.3 is 18.0 Å². The van der Waals surface area contributed by atoms with E-state index in [9.17, 15) is 14.4 Å². The normalized spacial score (nSPS) is 16.8. The van der Waals surface area contributed by atoms with Crippen molar-refractivity contribution in [3.05, 3.63) is 46.2 Å². The molecule has 0 aromatic heterocycles. The lowest BCUT2D eigenvalue weighted by molar-refractivity contribution is -0.139. The summed E-state index contributed by atoms with van der Waals surface area (Å²) >= 11 is 0. The van der Waals surface area contributed by atoms with Gasteiger partial charge < -0.3 is 20.1 Å². The predicted octanol–water partition coefficient (Wildman–Crippen LogP) is 1.98. The molecule has 0 fully saturated rings. The smallest absolute Gasteiger partial charge is 0.338 e. The standard InChI is InChI=1S/C18H22N2O5/c1-5-24-17(22)15-12(4)19-18(23)20-14(15)9-25-16(21)13-7-6-10(2)8-11(13)3/h6-8,12H,5,9H2,1-4H3,(H2,19,20,23)/t12-/m1/s1. The minimum Gasteiger partial charge on any atom is -0.463 e. The molecule has 1 heterocycles. The van der Waals surface area contributed by atoms with Crippen LogP contribution in [0.5, 0.6) is 0 Å². The van der Waals surface area contributed by atoms with Crippen molar-refractivity contribution in [1.29, 1.82) is 0 Å². The molecule has 1 aromatic carbocycles. The van der Waals surface area contributed by atoms with E-state index in [-0.39, 0.29) is 24.5 Å². The van der Waals surface area contributed by atoms with Crippen LogP contribution in [0, 0.1) is 13.8 Å². The molecule has 0 saturated carbocycles. The third-order valence-electron chi connectivity index (χ3n) is 3.81. The summed E-state index contributed by atoms with van der Waals surface area (Å²) in [5, 5.41) is 5.10. The third kappa shape index (κ3) is 4.37. The molecule has 1 atom stereocenters. The summed E-state index contributed by atoms with van der Waals surface area (Å²) < 4.78 is 10.3. The minimum atomic E-state index is -0.555. The lowest BCUT2D eigenvalue weighted by atomic mass is 10.0. The summed E-state index contributed by atoms with van der Waals surface area (Å²) in [5.74, 6) is -1.08. The quantitative estimate of drug-likeness (QED) is 0.795. The number of aryl methyl sites for hydroxylation is 2. The molecule has 25 heavy (non-hydrogen) atoms. The van der Waals surface area contributed by atoms with E-state index in [1.165, 1.54) is 0 Å². The zero-order valence-corrected chi connectivity index (χ0v) is 14.8. The first-order valence-electron chi connectivity index (χ1n) is 8.05. The number of nitrogens with one attached hydrogen (secondary N) is 2. The Morgan fingerprint density at radius 1 is 1.16 bits per heavy atom. The Morgan fingerprint density at radius 3 is 2.52 bits per heavy atom. The molecular formula is C18H22N2O5. The van der Waals surface area contributed by atoms with Gasteiger partial charge in [-0.05, 0) is 39.3 Å². The number of esters is 2. The second kappa shape index (κ2) is 7.83. The Hall–Kier alpha value is -2.83. The summed E-state index contributed by atoms with van der Waals surface area (Å²) in [7, 11) is 0. The van der Waals surface area contributed by atoms with E-state index in [4.69, 9.17) is 9.47 Å². The lowest BCUT2D eigenvalue weighted by Crippen LogP contribution is -2.50. The Kier molecular flexibility index (Phi) is 5.80. The number of carbonyl (C=O) groups is 3. The molecule has 1 aromatic rings. The fraction of sp³-hybridized carbons (Fsp3) is 0.389. The number of carbonyl (C=O) groups excluding carboxylic acids is 3. The van der Waals surface area contributed by atoms with Crippen molar-refractivity contribution in [1.82, 2.24) is 10.6 Å². The van der Waals surface area contributed by atoms with E-state index in [0.717, 1.165) is 11.1 Å². The highest BCUT2D eigenvalue weighted by Crippen LogP contribution is 2.16. The average molecular weight is 346 g/mol. The van der Waals surface area contributed by atoms with E-state index >= 15 is 0 Å². The van der Waals surface area contributed by atoms with E-state index in [0.29, 0.717) is 5.56 Å². The van der Waals surface area contributed by atoms with Crippen LogP contribution in [0.15, 0.2) is 29.5 Å². The molecule has 1 aliphatic heterocycles. The van der Waals surface area contributed by atoms with Crippen LogP contribution in [0.4, 0.5) is 4.79 Å². The minimum absolute atomic E-state index is 0.207. The van der Waals surface area contributed by atoms with Gasteiger partial charge in [0, 0.05) is 0 Å². The van der Waals surface area contributed by atoms with E-state index in [1.807, 2.05) is 26.0 Å². The summed E-state index contributed by atoms with van der Waals surface area (Å²) in [6.07, 6.45) is 0. The van der Waals surface area contributed by atoms with E-state index in [2.05, 4.69) is 10.6 Å². The lowest BCUT2D eigenvalue weighted by Gasteiger charge is -2.26. The van der Waals surface area contributed by atoms with Crippen molar-refractivity contribution in [2.24, 2.45) is 0 Å². The molecule has 2 amide bonds. The van der Waals surface area contributed by atoms with Crippen molar-refractivity contribution >= 4 is 18.0 Å². The first-order valence-corrected chi connectivity index (χ1v) is 8.05. The molecule has 0 saturated heterocycles. The number of hydrogen-bond donors (Lipinski definition) is 2. The zero-order chi connectivity index (χ0) is 18.6. The van der Waals surface area contributed by atoms with Gasteiger partial charge in [0.1, 0.15) is 6.61 Å². The molecule has 2 rings (SSSR count). The second-order valence-corrected chi connectivity index (χ2v) is 5.83. The van der Waals surface area contributed by atoms with Crippen LogP contribution in [0.3, 0.4) is 0 Å². The van der Waals surface area contributed by atoms with Crippen LogP contribution < -0.4 is 10.6 Å². The van der Waals surface area contributed by atoms with Crippen molar-refractivity contribution in [3.63, 3.8) is 0 Å². The Morgan fingerprint density at radius 2 is 1.88 bits per heavy atom. The van der Waals surface area contributed by atoms with Crippen molar-refractivity contribution < 1.29 is 23.9 Å². The summed E-state index contributed by atoms with van der Waals surface area (Å²) in [4.78, 5) is 36.1. The van der Waals surface area contributed by atoms with Gasteiger partial charge in [0.05, 0.1) is 29.5 Å². The number of benzene rings is 1. The molecule has 0 bridgehead atoms. The van der Waals surface area contributed by atoms with Crippen molar-refractivity contribution in [2.75, 3.05) is 13.2 Å². The summed E-state index contributed by atoms with van der Waals surface area (Å²) in [6, 6.07) is 4.40. The van der Waals surface area contributed by atoms with Crippen molar-refractivity contribution in [2.45, 2.75) is 33.7 Å². The van der Waals surface area contributed by atoms with Gasteiger partial charge in [-0.1, -0.05) is 17.7 Å². The van der Waals surface area contributed by atoms with Gasteiger partial charge in [-0.2, -0.15) is 0 Å².